The molecule has 1 aromatic heterocycles. The Morgan fingerprint density at radius 3 is 2.94 bits per heavy atom. The van der Waals surface area contributed by atoms with Gasteiger partial charge in [-0.2, -0.15) is 9.97 Å². The van der Waals surface area contributed by atoms with Crippen molar-refractivity contribution in [3.05, 3.63) is 46.6 Å². The maximum absolute atomic E-state index is 6.23. The fraction of sp³-hybridized carbons (Fsp3) is 0.556. The van der Waals surface area contributed by atoms with Gasteiger partial charge in [0.05, 0.1) is 5.69 Å². The Labute approximate surface area is 202 Å². The summed E-state index contributed by atoms with van der Waals surface area (Å²) in [5.41, 5.74) is 5.26. The maximum Gasteiger partial charge on any atom is 0.318 e. The second-order valence-corrected chi connectivity index (χ2v) is 10.1. The summed E-state index contributed by atoms with van der Waals surface area (Å²) < 4.78 is 6.23. The Bertz CT molecular complexity index is 1100. The van der Waals surface area contributed by atoms with Gasteiger partial charge in [-0.05, 0) is 50.4 Å². The first kappa shape index (κ1) is 21.8. The van der Waals surface area contributed by atoms with Crippen molar-refractivity contribution >= 4 is 5.82 Å². The molecule has 0 radical (unpaired) electrons. The number of fused-ring (bicyclic) bond motifs is 2. The largest absolute Gasteiger partial charge is 0.462 e. The van der Waals surface area contributed by atoms with Gasteiger partial charge in [-0.25, -0.2) is 0 Å². The number of likely N-dealkylation sites (tertiary alicyclic amines) is 1. The fourth-order valence-electron chi connectivity index (χ4n) is 6.14. The predicted molar refractivity (Wildman–Crippen MR) is 133 cm³/mol. The minimum Gasteiger partial charge on any atom is -0.462 e. The second kappa shape index (κ2) is 9.18. The molecule has 3 aliphatic heterocycles. The number of terminal acetylenes is 1. The Hall–Kier alpha value is -2.66. The molecule has 178 valence electrons. The van der Waals surface area contributed by atoms with Crippen LogP contribution in [-0.2, 0) is 19.5 Å². The van der Waals surface area contributed by atoms with Crippen LogP contribution < -0.4 is 15.0 Å². The van der Waals surface area contributed by atoms with Crippen molar-refractivity contribution in [3.8, 4) is 18.4 Å². The van der Waals surface area contributed by atoms with Gasteiger partial charge in [-0.15, -0.1) is 6.42 Å². The molecule has 34 heavy (non-hydrogen) atoms. The molecule has 2 aromatic rings. The van der Waals surface area contributed by atoms with E-state index in [9.17, 15) is 0 Å². The third-order valence-electron chi connectivity index (χ3n) is 8.09. The zero-order valence-electron chi connectivity index (χ0n) is 20.0. The number of benzene rings is 1. The summed E-state index contributed by atoms with van der Waals surface area (Å²) in [6.45, 7) is 5.97. The Morgan fingerprint density at radius 1 is 1.18 bits per heavy atom. The van der Waals surface area contributed by atoms with E-state index in [4.69, 9.17) is 21.1 Å². The first-order valence-electron chi connectivity index (χ1n) is 12.7. The summed E-state index contributed by atoms with van der Waals surface area (Å²) >= 11 is 0. The number of ether oxygens (including phenoxy) is 1. The van der Waals surface area contributed by atoms with Crippen molar-refractivity contribution in [1.82, 2.24) is 25.1 Å². The average molecular weight is 459 g/mol. The van der Waals surface area contributed by atoms with E-state index in [-0.39, 0.29) is 6.04 Å². The maximum atomic E-state index is 6.23. The molecule has 1 aliphatic carbocycles. The highest BCUT2D eigenvalue weighted by Crippen LogP contribution is 2.42. The van der Waals surface area contributed by atoms with E-state index >= 15 is 0 Å². The van der Waals surface area contributed by atoms with Crippen LogP contribution in [0.3, 0.4) is 0 Å². The molecule has 0 saturated carbocycles. The molecular formula is C27H34N6O. The van der Waals surface area contributed by atoms with E-state index < -0.39 is 0 Å². The second-order valence-electron chi connectivity index (χ2n) is 10.1. The number of nitrogens with zero attached hydrogens (tertiary/aromatic N) is 5. The SMILES string of the molecule is C#C[C@H]1CNCCN1c1nc(OC[C@@H]2CCCN2C)nc2c1CN(C1CCc3ccccc31)C2. The highest BCUT2D eigenvalue weighted by atomic mass is 16.5. The van der Waals surface area contributed by atoms with Crippen LogP contribution in [0, 0.1) is 12.3 Å². The van der Waals surface area contributed by atoms with Crippen LogP contribution >= 0.6 is 0 Å². The summed E-state index contributed by atoms with van der Waals surface area (Å²) in [5.74, 6) is 3.94. The fourth-order valence-corrected chi connectivity index (χ4v) is 6.14. The molecule has 1 unspecified atom stereocenters. The number of rotatable bonds is 5. The first-order valence-corrected chi connectivity index (χ1v) is 12.7. The lowest BCUT2D eigenvalue weighted by atomic mass is 10.1. The minimum absolute atomic E-state index is 0.0113. The molecule has 0 spiro atoms. The standard InChI is InChI=1S/C27H34N6O/c1-3-20-15-28-12-14-33(20)26-23-16-32(25-11-10-19-7-4-5-9-22(19)25)17-24(23)29-27(30-26)34-18-21-8-6-13-31(21)2/h1,4-5,7,9,20-21,25,28H,6,8,10-18H2,2H3/t20-,21-,25?/m0/s1. The zero-order valence-corrected chi connectivity index (χ0v) is 20.0. The van der Waals surface area contributed by atoms with Gasteiger partial charge in [-0.1, -0.05) is 30.2 Å². The topological polar surface area (TPSA) is 56.8 Å². The molecule has 2 saturated heterocycles. The predicted octanol–water partition coefficient (Wildman–Crippen LogP) is 2.36. The van der Waals surface area contributed by atoms with E-state index in [0.29, 0.717) is 24.7 Å². The van der Waals surface area contributed by atoms with Crippen molar-refractivity contribution in [1.29, 1.82) is 0 Å². The number of anilines is 1. The number of aromatic nitrogens is 2. The van der Waals surface area contributed by atoms with Crippen molar-refractivity contribution in [2.24, 2.45) is 0 Å². The minimum atomic E-state index is -0.0113. The molecule has 6 rings (SSSR count). The van der Waals surface area contributed by atoms with Crippen LogP contribution in [0.1, 0.15) is 47.7 Å². The number of piperazine rings is 1. The molecule has 7 nitrogen and oxygen atoms in total. The van der Waals surface area contributed by atoms with Crippen LogP contribution in [0.25, 0.3) is 0 Å². The number of aryl methyl sites for hydroxylation is 1. The molecule has 7 heteroatoms. The summed E-state index contributed by atoms with van der Waals surface area (Å²) in [6, 6.07) is 10.2. The smallest absolute Gasteiger partial charge is 0.318 e. The Morgan fingerprint density at radius 2 is 2.09 bits per heavy atom. The van der Waals surface area contributed by atoms with E-state index in [1.165, 1.54) is 29.5 Å². The summed E-state index contributed by atoms with van der Waals surface area (Å²) in [7, 11) is 2.17. The number of hydrogen-bond acceptors (Lipinski definition) is 7. The van der Waals surface area contributed by atoms with Crippen LogP contribution in [0.2, 0.25) is 0 Å². The van der Waals surface area contributed by atoms with Crippen molar-refractivity contribution in [3.63, 3.8) is 0 Å². The summed E-state index contributed by atoms with van der Waals surface area (Å²) in [6.07, 6.45) is 10.6. The van der Waals surface area contributed by atoms with Crippen LogP contribution in [0.4, 0.5) is 5.82 Å². The van der Waals surface area contributed by atoms with Gasteiger partial charge in [0.2, 0.25) is 0 Å². The Kier molecular flexibility index (Phi) is 5.90. The lowest BCUT2D eigenvalue weighted by molar-refractivity contribution is 0.186. The van der Waals surface area contributed by atoms with Crippen molar-refractivity contribution < 1.29 is 4.74 Å². The number of likely N-dealkylation sites (N-methyl/N-ethyl adjacent to an activating group) is 1. The molecule has 1 N–H and O–H groups in total. The molecule has 1 aromatic carbocycles. The molecule has 0 amide bonds. The van der Waals surface area contributed by atoms with Gasteiger partial charge in [0.1, 0.15) is 18.5 Å². The lowest BCUT2D eigenvalue weighted by Gasteiger charge is -2.35. The quantitative estimate of drug-likeness (QED) is 0.691. The molecule has 3 atom stereocenters. The third kappa shape index (κ3) is 3.94. The monoisotopic (exact) mass is 458 g/mol. The van der Waals surface area contributed by atoms with Gasteiger partial charge in [-0.3, -0.25) is 4.90 Å². The average Bonchev–Trinajstić information content (AvgIpc) is 3.59. The normalized spacial score (nSPS) is 26.9. The molecule has 2 fully saturated rings. The third-order valence-corrected chi connectivity index (χ3v) is 8.09. The highest BCUT2D eigenvalue weighted by Gasteiger charge is 2.36. The number of hydrogen-bond donors (Lipinski definition) is 1. The lowest BCUT2D eigenvalue weighted by Crippen LogP contribution is -2.51. The van der Waals surface area contributed by atoms with Gasteiger partial charge >= 0.3 is 6.01 Å². The van der Waals surface area contributed by atoms with E-state index in [0.717, 1.165) is 63.6 Å². The van der Waals surface area contributed by atoms with Gasteiger partial charge in [0.25, 0.3) is 0 Å². The van der Waals surface area contributed by atoms with Crippen LogP contribution in [0.15, 0.2) is 24.3 Å². The van der Waals surface area contributed by atoms with Crippen molar-refractivity contribution in [2.45, 2.75) is 56.9 Å². The first-order chi connectivity index (χ1) is 16.7. The van der Waals surface area contributed by atoms with E-state index in [1.54, 1.807) is 0 Å². The summed E-state index contributed by atoms with van der Waals surface area (Å²) in [5, 5.41) is 3.42. The highest BCUT2D eigenvalue weighted by molar-refractivity contribution is 5.54. The van der Waals surface area contributed by atoms with E-state index in [2.05, 4.69) is 57.3 Å². The Balaban J connectivity index is 1.30. The van der Waals surface area contributed by atoms with E-state index in [1.807, 2.05) is 0 Å². The molecular weight excluding hydrogens is 424 g/mol. The number of nitrogens with one attached hydrogen (secondary N) is 1. The zero-order chi connectivity index (χ0) is 23.1. The van der Waals surface area contributed by atoms with Crippen LogP contribution in [0.5, 0.6) is 6.01 Å². The van der Waals surface area contributed by atoms with Crippen LogP contribution in [-0.4, -0.2) is 71.7 Å². The summed E-state index contributed by atoms with van der Waals surface area (Å²) in [4.78, 5) is 17.1. The molecule has 0 bridgehead atoms. The molecule has 4 aliphatic rings. The van der Waals surface area contributed by atoms with Crippen molar-refractivity contribution in [2.75, 3.05) is 44.7 Å². The van der Waals surface area contributed by atoms with Gasteiger partial charge < -0.3 is 19.9 Å². The molecule has 4 heterocycles. The van der Waals surface area contributed by atoms with Gasteiger partial charge in [0, 0.05) is 50.4 Å². The van der Waals surface area contributed by atoms with Gasteiger partial charge in [0.15, 0.2) is 0 Å².